The molecule has 0 aliphatic carbocycles. The second-order valence-electron chi connectivity index (χ2n) is 6.55. The minimum absolute atomic E-state index is 0.250. The molecule has 2 rings (SSSR count). The number of nitrogens with one attached hydrogen (secondary N) is 1. The lowest BCUT2D eigenvalue weighted by Gasteiger charge is -2.43. The molecule has 0 aromatic carbocycles. The molecule has 1 aliphatic rings. The zero-order chi connectivity index (χ0) is 15.5. The molecule has 5 nitrogen and oxygen atoms in total. The minimum Gasteiger partial charge on any atom is -0.370 e. The van der Waals surface area contributed by atoms with Gasteiger partial charge in [-0.3, -0.25) is 4.90 Å². The van der Waals surface area contributed by atoms with Gasteiger partial charge in [-0.2, -0.15) is 0 Å². The fourth-order valence-electron chi connectivity index (χ4n) is 2.91. The predicted octanol–water partition coefficient (Wildman–Crippen LogP) is 2.39. The van der Waals surface area contributed by atoms with Gasteiger partial charge in [0.15, 0.2) is 0 Å². The van der Waals surface area contributed by atoms with Crippen LogP contribution >= 0.6 is 0 Å². The molecule has 0 amide bonds. The van der Waals surface area contributed by atoms with Crippen molar-refractivity contribution in [2.75, 3.05) is 42.9 Å². The third kappa shape index (κ3) is 3.64. The lowest BCUT2D eigenvalue weighted by atomic mass is 10.0. The van der Waals surface area contributed by atoms with Crippen LogP contribution in [0.2, 0.25) is 0 Å². The molecule has 1 aromatic heterocycles. The fourth-order valence-corrected chi connectivity index (χ4v) is 2.91. The normalized spacial score (nSPS) is 17.1. The molecule has 0 spiro atoms. The first kappa shape index (κ1) is 16.0. The number of anilines is 2. The zero-order valence-electron chi connectivity index (χ0n) is 14.1. The molecule has 1 aliphatic heterocycles. The first-order valence-electron chi connectivity index (χ1n) is 8.05. The van der Waals surface area contributed by atoms with Crippen molar-refractivity contribution in [2.45, 2.75) is 46.6 Å². The highest BCUT2D eigenvalue weighted by atomic mass is 15.3. The summed E-state index contributed by atoms with van der Waals surface area (Å²) in [7, 11) is 0. The third-order valence-electron chi connectivity index (χ3n) is 4.15. The van der Waals surface area contributed by atoms with Crippen molar-refractivity contribution in [2.24, 2.45) is 0 Å². The SMILES string of the molecule is CCNc1ncnc(N2CCN(C(C)(C)C)CC2)c1CC. The topological polar surface area (TPSA) is 44.3 Å². The number of nitrogens with zero attached hydrogens (tertiary/aromatic N) is 4. The largest absolute Gasteiger partial charge is 0.370 e. The molecule has 1 fully saturated rings. The summed E-state index contributed by atoms with van der Waals surface area (Å²) in [5.74, 6) is 2.10. The Balaban J connectivity index is 2.15. The Morgan fingerprint density at radius 2 is 1.76 bits per heavy atom. The van der Waals surface area contributed by atoms with Crippen LogP contribution < -0.4 is 10.2 Å². The molecule has 118 valence electrons. The monoisotopic (exact) mass is 291 g/mol. The Bertz CT molecular complexity index is 458. The maximum Gasteiger partial charge on any atom is 0.137 e. The number of hydrogen-bond acceptors (Lipinski definition) is 5. The highest BCUT2D eigenvalue weighted by Gasteiger charge is 2.27. The van der Waals surface area contributed by atoms with E-state index in [2.05, 4.69) is 59.7 Å². The van der Waals surface area contributed by atoms with Gasteiger partial charge in [0.2, 0.25) is 0 Å². The van der Waals surface area contributed by atoms with Gasteiger partial charge in [0.25, 0.3) is 0 Å². The predicted molar refractivity (Wildman–Crippen MR) is 89.1 cm³/mol. The van der Waals surface area contributed by atoms with Gasteiger partial charge in [-0.1, -0.05) is 6.92 Å². The Morgan fingerprint density at radius 1 is 1.10 bits per heavy atom. The fraction of sp³-hybridized carbons (Fsp3) is 0.750. The molecule has 0 unspecified atom stereocenters. The molecule has 0 bridgehead atoms. The number of hydrogen-bond donors (Lipinski definition) is 1. The average Bonchev–Trinajstić information content (AvgIpc) is 2.46. The minimum atomic E-state index is 0.250. The number of piperazine rings is 1. The van der Waals surface area contributed by atoms with Gasteiger partial charge in [-0.05, 0) is 34.1 Å². The molecule has 0 radical (unpaired) electrons. The van der Waals surface area contributed by atoms with E-state index in [4.69, 9.17) is 0 Å². The van der Waals surface area contributed by atoms with E-state index in [1.165, 1.54) is 5.56 Å². The molecule has 5 heteroatoms. The summed E-state index contributed by atoms with van der Waals surface area (Å²) < 4.78 is 0. The number of aromatic nitrogens is 2. The van der Waals surface area contributed by atoms with E-state index in [9.17, 15) is 0 Å². The molecular formula is C16H29N5. The van der Waals surface area contributed by atoms with E-state index in [0.717, 1.165) is 50.8 Å². The van der Waals surface area contributed by atoms with Gasteiger partial charge >= 0.3 is 0 Å². The van der Waals surface area contributed by atoms with Gasteiger partial charge in [-0.15, -0.1) is 0 Å². The van der Waals surface area contributed by atoms with Crippen LogP contribution in [0.1, 0.15) is 40.2 Å². The van der Waals surface area contributed by atoms with E-state index >= 15 is 0 Å². The molecule has 0 saturated carbocycles. The molecule has 2 heterocycles. The highest BCUT2D eigenvalue weighted by Crippen LogP contribution is 2.26. The molecule has 1 aromatic rings. The Labute approximate surface area is 128 Å². The van der Waals surface area contributed by atoms with Crippen molar-refractivity contribution in [1.29, 1.82) is 0 Å². The molecule has 1 saturated heterocycles. The smallest absolute Gasteiger partial charge is 0.137 e. The van der Waals surface area contributed by atoms with Gasteiger partial charge in [0.05, 0.1) is 0 Å². The van der Waals surface area contributed by atoms with Gasteiger partial charge < -0.3 is 10.2 Å². The van der Waals surface area contributed by atoms with Crippen LogP contribution in [0.15, 0.2) is 6.33 Å². The number of rotatable bonds is 4. The van der Waals surface area contributed by atoms with E-state index in [-0.39, 0.29) is 5.54 Å². The van der Waals surface area contributed by atoms with E-state index in [0.29, 0.717) is 0 Å². The van der Waals surface area contributed by atoms with Gasteiger partial charge in [0.1, 0.15) is 18.0 Å². The second-order valence-corrected chi connectivity index (χ2v) is 6.55. The molecular weight excluding hydrogens is 262 g/mol. The van der Waals surface area contributed by atoms with Crippen molar-refractivity contribution < 1.29 is 0 Å². The van der Waals surface area contributed by atoms with Crippen LogP contribution in [0.3, 0.4) is 0 Å². The van der Waals surface area contributed by atoms with E-state index in [1.807, 2.05) is 0 Å². The molecule has 21 heavy (non-hydrogen) atoms. The van der Waals surface area contributed by atoms with Crippen molar-refractivity contribution in [3.63, 3.8) is 0 Å². The van der Waals surface area contributed by atoms with Crippen molar-refractivity contribution >= 4 is 11.6 Å². The van der Waals surface area contributed by atoms with Gasteiger partial charge in [-0.25, -0.2) is 9.97 Å². The van der Waals surface area contributed by atoms with Crippen LogP contribution in [-0.4, -0.2) is 53.1 Å². The van der Waals surface area contributed by atoms with Crippen LogP contribution in [0.25, 0.3) is 0 Å². The summed E-state index contributed by atoms with van der Waals surface area (Å²) in [5, 5.41) is 3.35. The van der Waals surface area contributed by atoms with Crippen LogP contribution in [0.5, 0.6) is 0 Å². The van der Waals surface area contributed by atoms with E-state index in [1.54, 1.807) is 6.33 Å². The van der Waals surface area contributed by atoms with Crippen molar-refractivity contribution in [1.82, 2.24) is 14.9 Å². The Kier molecular flexibility index (Phi) is 5.04. The standard InChI is InChI=1S/C16H29N5/c1-6-13-14(17-7-2)18-12-19-15(13)20-8-10-21(11-9-20)16(3,4)5/h12H,6-11H2,1-5H3,(H,17,18,19). The Hall–Kier alpha value is -1.36. The van der Waals surface area contributed by atoms with E-state index < -0.39 is 0 Å². The molecule has 1 N–H and O–H groups in total. The first-order valence-corrected chi connectivity index (χ1v) is 8.05. The second kappa shape index (κ2) is 6.60. The van der Waals surface area contributed by atoms with Crippen molar-refractivity contribution in [3.8, 4) is 0 Å². The average molecular weight is 291 g/mol. The zero-order valence-corrected chi connectivity index (χ0v) is 14.1. The lowest BCUT2D eigenvalue weighted by molar-refractivity contribution is 0.128. The first-order chi connectivity index (χ1) is 9.97. The summed E-state index contributed by atoms with van der Waals surface area (Å²) in [6.07, 6.45) is 2.64. The summed E-state index contributed by atoms with van der Waals surface area (Å²) in [6.45, 7) is 16.3. The maximum atomic E-state index is 4.56. The highest BCUT2D eigenvalue weighted by molar-refractivity contribution is 5.59. The van der Waals surface area contributed by atoms with Crippen LogP contribution in [-0.2, 0) is 6.42 Å². The van der Waals surface area contributed by atoms with Crippen molar-refractivity contribution in [3.05, 3.63) is 11.9 Å². The molecule has 0 atom stereocenters. The van der Waals surface area contributed by atoms with Crippen LogP contribution in [0, 0.1) is 0 Å². The van der Waals surface area contributed by atoms with Gasteiger partial charge in [0, 0.05) is 43.8 Å². The lowest BCUT2D eigenvalue weighted by Crippen LogP contribution is -2.53. The van der Waals surface area contributed by atoms with Crippen LogP contribution in [0.4, 0.5) is 11.6 Å². The summed E-state index contributed by atoms with van der Waals surface area (Å²) in [4.78, 5) is 13.9. The third-order valence-corrected chi connectivity index (χ3v) is 4.15. The quantitative estimate of drug-likeness (QED) is 0.923. The summed E-state index contributed by atoms with van der Waals surface area (Å²) in [6, 6.07) is 0. The summed E-state index contributed by atoms with van der Waals surface area (Å²) in [5.41, 5.74) is 1.49. The summed E-state index contributed by atoms with van der Waals surface area (Å²) >= 11 is 0. The maximum absolute atomic E-state index is 4.56. The Morgan fingerprint density at radius 3 is 2.29 bits per heavy atom.